The number of carbonyl (C=O) groups excluding carboxylic acids is 1. The first-order chi connectivity index (χ1) is 13.9. The highest BCUT2D eigenvalue weighted by Gasteiger charge is 2.19. The molecule has 8 heteroatoms. The van der Waals surface area contributed by atoms with Crippen molar-refractivity contribution in [3.05, 3.63) is 53.8 Å². The van der Waals surface area contributed by atoms with Crippen molar-refractivity contribution in [3.63, 3.8) is 0 Å². The number of amides is 1. The highest BCUT2D eigenvalue weighted by Crippen LogP contribution is 2.30. The summed E-state index contributed by atoms with van der Waals surface area (Å²) in [6.07, 6.45) is 1.30. The van der Waals surface area contributed by atoms with E-state index in [1.807, 2.05) is 31.1 Å². The molecule has 162 valence electrons. The number of aromatic nitrogens is 1. The molecule has 4 nitrogen and oxygen atoms in total. The number of nitrogens with zero attached hydrogens (tertiary/aromatic N) is 3. The van der Waals surface area contributed by atoms with Crippen LogP contribution in [0, 0.1) is 12.7 Å². The molecule has 0 unspecified atom stereocenters. The summed E-state index contributed by atoms with van der Waals surface area (Å²) in [4.78, 5) is 22.6. The maximum atomic E-state index is 13.0. The minimum absolute atomic E-state index is 0. The SMILES string of the molecule is Cc1ccc2nc(N(CCCN(C)C)C(=O)CCSc3ccc(F)cc3)sc2c1.Cl. The number of aryl methyl sites for hydroxylation is 1. The van der Waals surface area contributed by atoms with Gasteiger partial charge in [0.2, 0.25) is 5.91 Å². The topological polar surface area (TPSA) is 36.4 Å². The van der Waals surface area contributed by atoms with Crippen LogP contribution < -0.4 is 4.90 Å². The summed E-state index contributed by atoms with van der Waals surface area (Å²) in [5, 5.41) is 0.765. The number of halogens is 2. The first-order valence-electron chi connectivity index (χ1n) is 9.63. The number of hydrogen-bond acceptors (Lipinski definition) is 5. The number of benzene rings is 2. The lowest BCUT2D eigenvalue weighted by Crippen LogP contribution is -2.33. The molecule has 3 aromatic rings. The first kappa shape index (κ1) is 24.6. The Bertz CT molecular complexity index is 963. The Hall–Kier alpha value is -1.67. The van der Waals surface area contributed by atoms with Gasteiger partial charge in [-0.05, 0) is 75.9 Å². The summed E-state index contributed by atoms with van der Waals surface area (Å²) in [6.45, 7) is 3.63. The van der Waals surface area contributed by atoms with E-state index in [1.54, 1.807) is 35.2 Å². The molecule has 0 aliphatic heterocycles. The van der Waals surface area contributed by atoms with Gasteiger partial charge in [0, 0.05) is 23.6 Å². The van der Waals surface area contributed by atoms with Crippen LogP contribution in [0.5, 0.6) is 0 Å². The average Bonchev–Trinajstić information content (AvgIpc) is 3.09. The Morgan fingerprint density at radius 1 is 1.13 bits per heavy atom. The van der Waals surface area contributed by atoms with Crippen LogP contribution in [0.4, 0.5) is 9.52 Å². The Morgan fingerprint density at radius 3 is 2.57 bits per heavy atom. The van der Waals surface area contributed by atoms with Crippen molar-refractivity contribution in [2.24, 2.45) is 0 Å². The van der Waals surface area contributed by atoms with Gasteiger partial charge in [-0.2, -0.15) is 0 Å². The second-order valence-corrected chi connectivity index (χ2v) is 9.40. The second-order valence-electron chi connectivity index (χ2n) is 7.22. The Labute approximate surface area is 191 Å². The Kier molecular flexibility index (Phi) is 9.55. The lowest BCUT2D eigenvalue weighted by atomic mass is 10.2. The fourth-order valence-corrected chi connectivity index (χ4v) is 4.88. The summed E-state index contributed by atoms with van der Waals surface area (Å²) in [6, 6.07) is 12.6. The number of carbonyl (C=O) groups is 1. The zero-order valence-corrected chi connectivity index (χ0v) is 19.9. The van der Waals surface area contributed by atoms with Crippen LogP contribution in [-0.2, 0) is 4.79 Å². The molecule has 0 spiro atoms. The molecule has 0 N–H and O–H groups in total. The summed E-state index contributed by atoms with van der Waals surface area (Å²) in [5.74, 6) is 0.483. The lowest BCUT2D eigenvalue weighted by molar-refractivity contribution is -0.118. The predicted octanol–water partition coefficient (Wildman–Crippen LogP) is 5.63. The molecule has 1 amide bonds. The van der Waals surface area contributed by atoms with E-state index in [4.69, 9.17) is 4.98 Å². The van der Waals surface area contributed by atoms with E-state index < -0.39 is 0 Å². The van der Waals surface area contributed by atoms with E-state index in [0.29, 0.717) is 18.7 Å². The van der Waals surface area contributed by atoms with Crippen molar-refractivity contribution in [3.8, 4) is 0 Å². The maximum absolute atomic E-state index is 13.0. The van der Waals surface area contributed by atoms with Gasteiger partial charge >= 0.3 is 0 Å². The Balaban J connectivity index is 0.00000320. The quantitative estimate of drug-likeness (QED) is 0.382. The Morgan fingerprint density at radius 2 is 1.87 bits per heavy atom. The van der Waals surface area contributed by atoms with Gasteiger partial charge in [0.25, 0.3) is 0 Å². The summed E-state index contributed by atoms with van der Waals surface area (Å²) < 4.78 is 14.1. The van der Waals surface area contributed by atoms with Crippen molar-refractivity contribution in [2.45, 2.75) is 24.7 Å². The first-order valence-corrected chi connectivity index (χ1v) is 11.4. The van der Waals surface area contributed by atoms with Crippen LogP contribution in [0.25, 0.3) is 10.2 Å². The largest absolute Gasteiger partial charge is 0.309 e. The van der Waals surface area contributed by atoms with Crippen molar-refractivity contribution < 1.29 is 9.18 Å². The van der Waals surface area contributed by atoms with Gasteiger partial charge in [0.1, 0.15) is 5.82 Å². The minimum atomic E-state index is -0.247. The normalized spacial score (nSPS) is 11.0. The predicted molar refractivity (Wildman–Crippen MR) is 129 cm³/mol. The van der Waals surface area contributed by atoms with E-state index in [0.717, 1.165) is 33.2 Å². The van der Waals surface area contributed by atoms with Crippen LogP contribution >= 0.6 is 35.5 Å². The van der Waals surface area contributed by atoms with Gasteiger partial charge in [0.05, 0.1) is 10.2 Å². The number of thiazole rings is 1. The summed E-state index contributed by atoms with van der Waals surface area (Å²) in [5.41, 5.74) is 2.12. The number of hydrogen-bond donors (Lipinski definition) is 0. The highest BCUT2D eigenvalue weighted by molar-refractivity contribution is 7.99. The fourth-order valence-electron chi connectivity index (χ4n) is 2.93. The smallest absolute Gasteiger partial charge is 0.229 e. The molecule has 0 atom stereocenters. The van der Waals surface area contributed by atoms with Gasteiger partial charge in [-0.1, -0.05) is 17.4 Å². The fraction of sp³-hybridized carbons (Fsp3) is 0.364. The monoisotopic (exact) mass is 467 g/mol. The zero-order chi connectivity index (χ0) is 20.8. The molecule has 30 heavy (non-hydrogen) atoms. The van der Waals surface area contributed by atoms with Crippen LogP contribution in [0.2, 0.25) is 0 Å². The minimum Gasteiger partial charge on any atom is -0.309 e. The van der Waals surface area contributed by atoms with E-state index in [9.17, 15) is 9.18 Å². The number of rotatable bonds is 9. The third kappa shape index (κ3) is 6.94. The van der Waals surface area contributed by atoms with Crippen LogP contribution in [-0.4, -0.2) is 48.7 Å². The van der Waals surface area contributed by atoms with Crippen molar-refractivity contribution in [2.75, 3.05) is 37.8 Å². The third-order valence-corrected chi connectivity index (χ3v) is 6.50. The standard InChI is InChI=1S/C22H26FN3OS2.ClH/c1-16-5-10-19-20(15-16)29-22(24-19)26(13-4-12-25(2)3)21(27)11-14-28-18-8-6-17(23)7-9-18;/h5-10,15H,4,11-14H2,1-3H3;1H. The molecule has 0 fully saturated rings. The van der Waals surface area contributed by atoms with Gasteiger partial charge in [0.15, 0.2) is 5.13 Å². The van der Waals surface area contributed by atoms with Gasteiger partial charge in [-0.3, -0.25) is 9.69 Å². The van der Waals surface area contributed by atoms with Gasteiger partial charge in [-0.25, -0.2) is 9.37 Å². The van der Waals surface area contributed by atoms with Crippen LogP contribution in [0.1, 0.15) is 18.4 Å². The lowest BCUT2D eigenvalue weighted by Gasteiger charge is -2.21. The highest BCUT2D eigenvalue weighted by atomic mass is 35.5. The third-order valence-electron chi connectivity index (χ3n) is 4.45. The molecule has 0 aliphatic carbocycles. The molecular formula is C22H27ClFN3OS2. The molecule has 1 aromatic heterocycles. The molecule has 0 radical (unpaired) electrons. The maximum Gasteiger partial charge on any atom is 0.229 e. The van der Waals surface area contributed by atoms with E-state index in [-0.39, 0.29) is 24.1 Å². The van der Waals surface area contributed by atoms with Crippen molar-refractivity contribution >= 4 is 56.8 Å². The zero-order valence-electron chi connectivity index (χ0n) is 17.4. The van der Waals surface area contributed by atoms with E-state index >= 15 is 0 Å². The van der Waals surface area contributed by atoms with Crippen molar-refractivity contribution in [1.29, 1.82) is 0 Å². The summed E-state index contributed by atoms with van der Waals surface area (Å²) in [7, 11) is 4.07. The number of anilines is 1. The van der Waals surface area contributed by atoms with E-state index in [2.05, 4.69) is 17.9 Å². The molecule has 3 rings (SSSR count). The van der Waals surface area contributed by atoms with Gasteiger partial charge < -0.3 is 4.90 Å². The molecule has 0 saturated heterocycles. The van der Waals surface area contributed by atoms with Crippen LogP contribution in [0.3, 0.4) is 0 Å². The van der Waals surface area contributed by atoms with E-state index in [1.165, 1.54) is 17.7 Å². The molecule has 0 saturated carbocycles. The molecule has 2 aromatic carbocycles. The number of fused-ring (bicyclic) bond motifs is 1. The van der Waals surface area contributed by atoms with Crippen molar-refractivity contribution in [1.82, 2.24) is 9.88 Å². The molecule has 0 aliphatic rings. The molecular weight excluding hydrogens is 441 g/mol. The number of thioether (sulfide) groups is 1. The van der Waals surface area contributed by atoms with Crippen LogP contribution in [0.15, 0.2) is 47.4 Å². The molecule has 0 bridgehead atoms. The second kappa shape index (κ2) is 11.6. The summed E-state index contributed by atoms with van der Waals surface area (Å²) >= 11 is 3.14. The average molecular weight is 468 g/mol. The molecule has 1 heterocycles. The van der Waals surface area contributed by atoms with Gasteiger partial charge in [-0.15, -0.1) is 24.2 Å².